The number of alkyl halides is 3. The van der Waals surface area contributed by atoms with E-state index in [1.54, 1.807) is 32.0 Å². The SMILES string of the molecule is CNC(=O)Nc1ccc2c(c1)CC[C@@]21OC(=O)N(CC(=O)N2Cc3sc(C)c(C)c3OC[C@H]2C(F)(F)F)C1=O. The van der Waals surface area contributed by atoms with Gasteiger partial charge in [-0.25, -0.2) is 14.5 Å². The molecule has 5 rings (SSSR count). The molecule has 2 aliphatic heterocycles. The van der Waals surface area contributed by atoms with Crippen LogP contribution in [0.3, 0.4) is 0 Å². The number of hydrogen-bond acceptors (Lipinski definition) is 7. The van der Waals surface area contributed by atoms with E-state index >= 15 is 0 Å². The number of halogens is 3. The Bertz CT molecular complexity index is 1390. The van der Waals surface area contributed by atoms with Crippen LogP contribution < -0.4 is 15.4 Å². The molecule has 1 aromatic heterocycles. The lowest BCUT2D eigenvalue weighted by Gasteiger charge is -2.31. The summed E-state index contributed by atoms with van der Waals surface area (Å²) in [5.41, 5.74) is 0.561. The van der Waals surface area contributed by atoms with Crippen LogP contribution in [0.2, 0.25) is 0 Å². The maximum absolute atomic E-state index is 14.0. The second-order valence-electron chi connectivity index (χ2n) is 9.59. The fraction of sp³-hybridized carbons (Fsp3) is 0.440. The summed E-state index contributed by atoms with van der Waals surface area (Å²) in [4.78, 5) is 53.8. The van der Waals surface area contributed by atoms with Crippen molar-refractivity contribution < 1.29 is 41.8 Å². The first-order valence-corrected chi connectivity index (χ1v) is 12.9. The normalized spacial score (nSPS) is 22.3. The van der Waals surface area contributed by atoms with Gasteiger partial charge in [-0.1, -0.05) is 6.07 Å². The lowest BCUT2D eigenvalue weighted by atomic mass is 9.94. The van der Waals surface area contributed by atoms with E-state index in [1.807, 2.05) is 0 Å². The maximum atomic E-state index is 14.0. The molecule has 0 bridgehead atoms. The minimum absolute atomic E-state index is 0.0981. The number of benzene rings is 1. The average molecular weight is 567 g/mol. The number of carbonyl (C=O) groups is 4. The molecule has 39 heavy (non-hydrogen) atoms. The summed E-state index contributed by atoms with van der Waals surface area (Å²) in [7, 11) is 1.46. The Morgan fingerprint density at radius 1 is 1.23 bits per heavy atom. The molecule has 1 aromatic carbocycles. The zero-order valence-corrected chi connectivity index (χ0v) is 22.0. The second-order valence-corrected chi connectivity index (χ2v) is 10.9. The molecular weight excluding hydrogens is 541 g/mol. The number of thiophene rings is 1. The highest BCUT2D eigenvalue weighted by Gasteiger charge is 2.59. The number of anilines is 1. The highest BCUT2D eigenvalue weighted by Crippen LogP contribution is 2.46. The molecule has 5 amide bonds. The van der Waals surface area contributed by atoms with Gasteiger partial charge in [0.2, 0.25) is 11.5 Å². The van der Waals surface area contributed by atoms with Crippen LogP contribution in [0.15, 0.2) is 18.2 Å². The third-order valence-corrected chi connectivity index (χ3v) is 8.48. The van der Waals surface area contributed by atoms with E-state index < -0.39 is 54.9 Å². The number of hydrogen-bond donors (Lipinski definition) is 2. The van der Waals surface area contributed by atoms with Gasteiger partial charge in [0.1, 0.15) is 18.9 Å². The maximum Gasteiger partial charge on any atom is 0.418 e. The predicted molar refractivity (Wildman–Crippen MR) is 132 cm³/mol. The Morgan fingerprint density at radius 3 is 2.67 bits per heavy atom. The zero-order chi connectivity index (χ0) is 28.3. The van der Waals surface area contributed by atoms with Crippen molar-refractivity contribution in [2.75, 3.05) is 25.5 Å². The number of rotatable bonds is 3. The number of amides is 5. The molecule has 0 radical (unpaired) electrons. The van der Waals surface area contributed by atoms with Crippen LogP contribution in [-0.2, 0) is 32.9 Å². The van der Waals surface area contributed by atoms with E-state index in [9.17, 15) is 32.3 Å². The Labute approximate surface area is 225 Å². The lowest BCUT2D eigenvalue weighted by molar-refractivity contribution is -0.195. The fourth-order valence-corrected chi connectivity index (χ4v) is 6.29. The van der Waals surface area contributed by atoms with Crippen molar-refractivity contribution in [3.8, 4) is 5.75 Å². The van der Waals surface area contributed by atoms with Crippen LogP contribution in [0.5, 0.6) is 5.75 Å². The van der Waals surface area contributed by atoms with Gasteiger partial charge in [0, 0.05) is 35.2 Å². The topological polar surface area (TPSA) is 117 Å². The van der Waals surface area contributed by atoms with Gasteiger partial charge in [0.05, 0.1) is 11.4 Å². The molecular formula is C25H25F3N4O6S. The first kappa shape index (κ1) is 26.8. The molecule has 14 heteroatoms. The van der Waals surface area contributed by atoms with E-state index in [0.29, 0.717) is 49.2 Å². The minimum atomic E-state index is -4.80. The van der Waals surface area contributed by atoms with E-state index in [0.717, 1.165) is 4.88 Å². The zero-order valence-electron chi connectivity index (χ0n) is 21.2. The van der Waals surface area contributed by atoms with Gasteiger partial charge in [0.25, 0.3) is 5.91 Å². The van der Waals surface area contributed by atoms with Crippen LogP contribution in [0, 0.1) is 13.8 Å². The standard InChI is InChI=1S/C25H25F3N4O6S/c1-12-13(2)39-17-9-31(18(25(26,27)28)11-37-20(12)17)19(33)10-32-21(34)24(38-23(32)36)7-6-14-8-15(4-5-16(14)24)30-22(35)29-3/h4-5,8,18H,6-7,9-11H2,1-3H3,(H2,29,30,35)/t18-,24+/m0/s1. The smallest absolute Gasteiger partial charge is 0.418 e. The van der Waals surface area contributed by atoms with Crippen LogP contribution in [0.25, 0.3) is 0 Å². The molecule has 208 valence electrons. The molecule has 2 atom stereocenters. The highest BCUT2D eigenvalue weighted by molar-refractivity contribution is 7.12. The number of carbonyl (C=O) groups excluding carboxylic acids is 4. The van der Waals surface area contributed by atoms with Gasteiger partial charge in [0.15, 0.2) is 6.04 Å². The molecule has 1 fully saturated rings. The Balaban J connectivity index is 1.39. The van der Waals surface area contributed by atoms with Gasteiger partial charge in [-0.3, -0.25) is 9.59 Å². The molecule has 1 spiro atoms. The number of fused-ring (bicyclic) bond motifs is 3. The van der Waals surface area contributed by atoms with Crippen molar-refractivity contribution in [2.45, 2.75) is 51.1 Å². The molecule has 3 aliphatic rings. The van der Waals surface area contributed by atoms with E-state index in [1.165, 1.54) is 18.4 Å². The minimum Gasteiger partial charge on any atom is -0.490 e. The number of nitrogens with zero attached hydrogens (tertiary/aromatic N) is 2. The van der Waals surface area contributed by atoms with Crippen LogP contribution in [-0.4, -0.2) is 66.2 Å². The summed E-state index contributed by atoms with van der Waals surface area (Å²) in [6.45, 7) is 1.46. The van der Waals surface area contributed by atoms with E-state index in [-0.39, 0.29) is 13.0 Å². The Morgan fingerprint density at radius 2 is 1.97 bits per heavy atom. The van der Waals surface area contributed by atoms with Crippen molar-refractivity contribution in [3.05, 3.63) is 44.6 Å². The summed E-state index contributed by atoms with van der Waals surface area (Å²) in [5, 5.41) is 5.05. The quantitative estimate of drug-likeness (QED) is 0.587. The third kappa shape index (κ3) is 4.45. The average Bonchev–Trinajstić information content (AvgIpc) is 3.38. The van der Waals surface area contributed by atoms with Gasteiger partial charge in [-0.05, 0) is 38.0 Å². The lowest BCUT2D eigenvalue weighted by Crippen LogP contribution is -2.53. The predicted octanol–water partition coefficient (Wildman–Crippen LogP) is 3.59. The van der Waals surface area contributed by atoms with Crippen molar-refractivity contribution in [3.63, 3.8) is 0 Å². The van der Waals surface area contributed by atoms with Crippen molar-refractivity contribution in [2.24, 2.45) is 0 Å². The van der Waals surface area contributed by atoms with E-state index in [4.69, 9.17) is 9.47 Å². The van der Waals surface area contributed by atoms with Gasteiger partial charge in [-0.15, -0.1) is 11.3 Å². The van der Waals surface area contributed by atoms with Crippen LogP contribution in [0.1, 0.15) is 32.9 Å². The van der Waals surface area contributed by atoms with Gasteiger partial charge >= 0.3 is 18.3 Å². The van der Waals surface area contributed by atoms with Crippen molar-refractivity contribution in [1.82, 2.24) is 15.1 Å². The second kappa shape index (κ2) is 9.43. The monoisotopic (exact) mass is 566 g/mol. The summed E-state index contributed by atoms with van der Waals surface area (Å²) >= 11 is 1.23. The Kier molecular flexibility index (Phi) is 6.48. The van der Waals surface area contributed by atoms with E-state index in [2.05, 4.69) is 10.6 Å². The summed E-state index contributed by atoms with van der Waals surface area (Å²) in [6.07, 6.45) is -5.46. The molecule has 3 heterocycles. The number of urea groups is 1. The molecule has 10 nitrogen and oxygen atoms in total. The number of aryl methyl sites for hydroxylation is 2. The summed E-state index contributed by atoms with van der Waals surface area (Å²) in [6, 6.07) is 2.06. The van der Waals surface area contributed by atoms with Crippen LogP contribution >= 0.6 is 11.3 Å². The number of nitrogens with one attached hydrogen (secondary N) is 2. The number of imide groups is 1. The van der Waals surface area contributed by atoms with Gasteiger partial charge < -0.3 is 25.0 Å². The third-order valence-electron chi connectivity index (χ3n) is 7.31. The fourth-order valence-electron chi connectivity index (χ4n) is 5.17. The first-order chi connectivity index (χ1) is 18.4. The van der Waals surface area contributed by atoms with Crippen molar-refractivity contribution >= 4 is 41.0 Å². The molecule has 2 aromatic rings. The molecule has 0 saturated carbocycles. The summed E-state index contributed by atoms with van der Waals surface area (Å²) in [5.74, 6) is -1.54. The molecule has 0 unspecified atom stereocenters. The molecule has 1 saturated heterocycles. The molecule has 2 N–H and O–H groups in total. The largest absolute Gasteiger partial charge is 0.490 e. The molecule has 1 aliphatic carbocycles. The summed E-state index contributed by atoms with van der Waals surface area (Å²) < 4.78 is 52.9. The van der Waals surface area contributed by atoms with Gasteiger partial charge in [-0.2, -0.15) is 13.2 Å². The number of ether oxygens (including phenoxy) is 2. The van der Waals surface area contributed by atoms with Crippen molar-refractivity contribution in [1.29, 1.82) is 0 Å². The first-order valence-electron chi connectivity index (χ1n) is 12.1. The van der Waals surface area contributed by atoms with Crippen LogP contribution in [0.4, 0.5) is 28.4 Å². The highest BCUT2D eigenvalue weighted by atomic mass is 32.1. The Hall–Kier alpha value is -3.81.